The van der Waals surface area contributed by atoms with Gasteiger partial charge in [-0.1, -0.05) is 0 Å². The third-order valence-corrected chi connectivity index (χ3v) is 2.77. The van der Waals surface area contributed by atoms with E-state index in [0.29, 0.717) is 6.61 Å². The molecule has 0 spiro atoms. The predicted octanol–water partition coefficient (Wildman–Crippen LogP) is 1.06. The number of carbonyl (C=O) groups is 2. The molecule has 0 saturated heterocycles. The number of amides is 2. The summed E-state index contributed by atoms with van der Waals surface area (Å²) in [5.41, 5.74) is -0.456. The Morgan fingerprint density at radius 1 is 1.44 bits per heavy atom. The van der Waals surface area contributed by atoms with Gasteiger partial charge in [0.15, 0.2) is 0 Å². The number of aliphatic carboxylic acids is 1. The Labute approximate surface area is 107 Å². The molecule has 104 valence electrons. The number of carbonyl (C=O) groups excluding carboxylic acids is 1. The van der Waals surface area contributed by atoms with Gasteiger partial charge < -0.3 is 20.1 Å². The molecule has 0 aromatic heterocycles. The minimum Gasteiger partial charge on any atom is -0.481 e. The highest BCUT2D eigenvalue weighted by atomic mass is 16.5. The van der Waals surface area contributed by atoms with E-state index in [4.69, 9.17) is 9.84 Å². The first-order valence-corrected chi connectivity index (χ1v) is 6.15. The lowest BCUT2D eigenvalue weighted by atomic mass is 10.1. The van der Waals surface area contributed by atoms with E-state index in [1.54, 1.807) is 12.0 Å². The van der Waals surface area contributed by atoms with Gasteiger partial charge in [0.05, 0.1) is 18.6 Å². The molecule has 1 aliphatic rings. The summed E-state index contributed by atoms with van der Waals surface area (Å²) < 4.78 is 5.03. The first kappa shape index (κ1) is 14.8. The molecule has 0 unspecified atom stereocenters. The van der Waals surface area contributed by atoms with Gasteiger partial charge in [-0.3, -0.25) is 4.79 Å². The first-order valence-electron chi connectivity index (χ1n) is 6.15. The van der Waals surface area contributed by atoms with Crippen LogP contribution in [0, 0.1) is 0 Å². The van der Waals surface area contributed by atoms with Crippen molar-refractivity contribution >= 4 is 12.0 Å². The molecule has 1 fully saturated rings. The average Bonchev–Trinajstić information content (AvgIpc) is 3.00. The van der Waals surface area contributed by atoms with Crippen LogP contribution in [-0.2, 0) is 9.53 Å². The number of nitrogens with one attached hydrogen (secondary N) is 1. The highest BCUT2D eigenvalue weighted by Crippen LogP contribution is 2.27. The van der Waals surface area contributed by atoms with E-state index < -0.39 is 11.5 Å². The second-order valence-corrected chi connectivity index (χ2v) is 5.32. The number of nitrogens with zero attached hydrogens (tertiary/aromatic N) is 1. The molecule has 6 heteroatoms. The summed E-state index contributed by atoms with van der Waals surface area (Å²) in [6, 6.07) is -0.0107. The highest BCUT2D eigenvalue weighted by Gasteiger charge is 2.34. The Hall–Kier alpha value is -1.30. The Morgan fingerprint density at radius 2 is 2.06 bits per heavy atom. The molecule has 2 amide bonds. The number of carboxylic acids is 1. The summed E-state index contributed by atoms with van der Waals surface area (Å²) in [5.74, 6) is -0.885. The van der Waals surface area contributed by atoms with Gasteiger partial charge in [-0.15, -0.1) is 0 Å². The van der Waals surface area contributed by atoms with Crippen molar-refractivity contribution in [1.82, 2.24) is 10.2 Å². The molecule has 0 aromatic rings. The van der Waals surface area contributed by atoms with E-state index in [-0.39, 0.29) is 25.0 Å². The zero-order chi connectivity index (χ0) is 13.8. The van der Waals surface area contributed by atoms with Crippen molar-refractivity contribution in [1.29, 1.82) is 0 Å². The van der Waals surface area contributed by atoms with Crippen LogP contribution in [0.5, 0.6) is 0 Å². The minimum atomic E-state index is -0.885. The third kappa shape index (κ3) is 4.91. The molecule has 0 aliphatic heterocycles. The molecule has 1 aliphatic carbocycles. The van der Waals surface area contributed by atoms with Crippen LogP contribution in [0.4, 0.5) is 4.79 Å². The molecule has 6 nitrogen and oxygen atoms in total. The lowest BCUT2D eigenvalue weighted by Crippen LogP contribution is -2.53. The zero-order valence-corrected chi connectivity index (χ0v) is 11.2. The second kappa shape index (κ2) is 6.04. The summed E-state index contributed by atoms with van der Waals surface area (Å²) in [6.45, 7) is 4.42. The Bertz CT molecular complexity index is 313. The van der Waals surface area contributed by atoms with Crippen molar-refractivity contribution in [3.63, 3.8) is 0 Å². The molecule has 1 saturated carbocycles. The summed E-state index contributed by atoms with van der Waals surface area (Å²) in [6.07, 6.45) is 1.89. The molecule has 0 atom stereocenters. The number of rotatable bonds is 7. The van der Waals surface area contributed by atoms with Crippen LogP contribution in [0.15, 0.2) is 0 Å². The summed E-state index contributed by atoms with van der Waals surface area (Å²) in [7, 11) is 1.58. The molecular formula is C12H22N2O4. The van der Waals surface area contributed by atoms with Crippen LogP contribution in [0.1, 0.15) is 33.1 Å². The number of ether oxygens (including phenoxy) is 1. The monoisotopic (exact) mass is 258 g/mol. The van der Waals surface area contributed by atoms with Crippen molar-refractivity contribution in [3.8, 4) is 0 Å². The van der Waals surface area contributed by atoms with Gasteiger partial charge in [0.2, 0.25) is 0 Å². The minimum absolute atomic E-state index is 0.0192. The van der Waals surface area contributed by atoms with E-state index in [1.165, 1.54) is 0 Å². The molecule has 2 N–H and O–H groups in total. The first-order chi connectivity index (χ1) is 8.35. The lowest BCUT2D eigenvalue weighted by Gasteiger charge is -2.30. The van der Waals surface area contributed by atoms with Crippen molar-refractivity contribution in [2.45, 2.75) is 44.7 Å². The van der Waals surface area contributed by atoms with Crippen LogP contribution in [0.25, 0.3) is 0 Å². The molecule has 0 bridgehead atoms. The van der Waals surface area contributed by atoms with Crippen LogP contribution in [0.3, 0.4) is 0 Å². The van der Waals surface area contributed by atoms with E-state index in [9.17, 15) is 9.59 Å². The Kier molecular flexibility index (Phi) is 4.95. The maximum absolute atomic E-state index is 12.1. The fourth-order valence-electron chi connectivity index (χ4n) is 1.81. The maximum Gasteiger partial charge on any atom is 0.318 e. The molecule has 0 aromatic carbocycles. The van der Waals surface area contributed by atoms with E-state index in [1.807, 2.05) is 13.8 Å². The topological polar surface area (TPSA) is 78.9 Å². The van der Waals surface area contributed by atoms with E-state index in [0.717, 1.165) is 12.8 Å². The average molecular weight is 258 g/mol. The quantitative estimate of drug-likeness (QED) is 0.715. The Balaban J connectivity index is 2.51. The largest absolute Gasteiger partial charge is 0.481 e. The van der Waals surface area contributed by atoms with Gasteiger partial charge in [-0.05, 0) is 26.7 Å². The molecule has 1 rings (SSSR count). The normalized spacial score (nSPS) is 15.3. The van der Waals surface area contributed by atoms with Crippen molar-refractivity contribution in [2.75, 3.05) is 20.3 Å². The van der Waals surface area contributed by atoms with Gasteiger partial charge in [0.25, 0.3) is 0 Å². The zero-order valence-electron chi connectivity index (χ0n) is 11.2. The Morgan fingerprint density at radius 3 is 2.50 bits per heavy atom. The number of hydrogen-bond acceptors (Lipinski definition) is 3. The van der Waals surface area contributed by atoms with Crippen molar-refractivity contribution < 1.29 is 19.4 Å². The summed E-state index contributed by atoms with van der Waals surface area (Å²) in [4.78, 5) is 24.3. The van der Waals surface area contributed by atoms with Gasteiger partial charge >= 0.3 is 12.0 Å². The fourth-order valence-corrected chi connectivity index (χ4v) is 1.81. The van der Waals surface area contributed by atoms with Gasteiger partial charge in [-0.2, -0.15) is 0 Å². The van der Waals surface area contributed by atoms with Gasteiger partial charge in [0, 0.05) is 19.7 Å². The van der Waals surface area contributed by atoms with Crippen LogP contribution in [-0.4, -0.2) is 53.8 Å². The molecule has 0 heterocycles. The molecule has 18 heavy (non-hydrogen) atoms. The number of carboxylic acid groups (broad SMARTS) is 1. The van der Waals surface area contributed by atoms with Crippen LogP contribution < -0.4 is 5.32 Å². The fraction of sp³-hybridized carbons (Fsp3) is 0.833. The summed E-state index contributed by atoms with van der Waals surface area (Å²) >= 11 is 0. The third-order valence-electron chi connectivity index (χ3n) is 2.77. The highest BCUT2D eigenvalue weighted by molar-refractivity contribution is 5.76. The lowest BCUT2D eigenvalue weighted by molar-refractivity contribution is -0.137. The molecule has 0 radical (unpaired) electrons. The number of urea groups is 1. The van der Waals surface area contributed by atoms with Crippen molar-refractivity contribution in [3.05, 3.63) is 0 Å². The van der Waals surface area contributed by atoms with E-state index in [2.05, 4.69) is 5.32 Å². The second-order valence-electron chi connectivity index (χ2n) is 5.32. The number of methoxy groups -OCH3 is 1. The molecular weight excluding hydrogens is 236 g/mol. The van der Waals surface area contributed by atoms with Crippen LogP contribution in [0.2, 0.25) is 0 Å². The van der Waals surface area contributed by atoms with Gasteiger partial charge in [-0.25, -0.2) is 4.79 Å². The maximum atomic E-state index is 12.1. The smallest absolute Gasteiger partial charge is 0.318 e. The van der Waals surface area contributed by atoms with Crippen molar-refractivity contribution in [2.24, 2.45) is 0 Å². The van der Waals surface area contributed by atoms with E-state index >= 15 is 0 Å². The SMILES string of the molecule is COCC(C)(C)NC(=O)N(CCC(=O)O)C1CC1. The number of hydrogen-bond donors (Lipinski definition) is 2. The standard InChI is InChI=1S/C12H22N2O4/c1-12(2,8-18-3)13-11(17)14(9-4-5-9)7-6-10(15)16/h9H,4-8H2,1-3H3,(H,13,17)(H,15,16). The predicted molar refractivity (Wildman–Crippen MR) is 66.5 cm³/mol. The van der Waals surface area contributed by atoms with Crippen LogP contribution >= 0.6 is 0 Å². The summed E-state index contributed by atoms with van der Waals surface area (Å²) in [5, 5.41) is 11.6. The van der Waals surface area contributed by atoms with Gasteiger partial charge in [0.1, 0.15) is 0 Å².